The Kier molecular flexibility index (Phi) is 7.77. The highest BCUT2D eigenvalue weighted by atomic mass is 35.6. The predicted octanol–water partition coefficient (Wildman–Crippen LogP) is 0.524. The first-order valence-corrected chi connectivity index (χ1v) is 8.52. The maximum absolute atomic E-state index is 12.2. The summed E-state index contributed by atoms with van der Waals surface area (Å²) in [5.41, 5.74) is -0.876. The number of esters is 1. The summed E-state index contributed by atoms with van der Waals surface area (Å²) in [5, 5.41) is 22.1. The lowest BCUT2D eigenvalue weighted by Crippen LogP contribution is -2.66. The molecule has 0 unspecified atom stereocenters. The number of halogens is 3. The van der Waals surface area contributed by atoms with Gasteiger partial charge in [0.25, 0.3) is 9.70 Å². The van der Waals surface area contributed by atoms with Gasteiger partial charge in [0.1, 0.15) is 18.2 Å². The fourth-order valence-corrected chi connectivity index (χ4v) is 2.26. The van der Waals surface area contributed by atoms with Crippen molar-refractivity contribution < 1.29 is 34.0 Å². The van der Waals surface area contributed by atoms with Crippen molar-refractivity contribution in [3.8, 4) is 0 Å². The number of alkyl halides is 3. The van der Waals surface area contributed by atoms with E-state index >= 15 is 0 Å². The molecule has 0 aromatic carbocycles. The molecule has 1 rings (SSSR count). The van der Waals surface area contributed by atoms with Gasteiger partial charge in [0, 0.05) is 7.11 Å². The molecule has 1 fully saturated rings. The Morgan fingerprint density at radius 3 is 2.20 bits per heavy atom. The van der Waals surface area contributed by atoms with Crippen molar-refractivity contribution in [2.45, 2.75) is 55.2 Å². The molecule has 1 aliphatic rings. The van der Waals surface area contributed by atoms with E-state index in [1.54, 1.807) is 20.8 Å². The monoisotopic (exact) mass is 421 g/mol. The molecule has 0 aliphatic carbocycles. The second kappa shape index (κ2) is 8.56. The minimum Gasteiger partial charge on any atom is -0.457 e. The van der Waals surface area contributed by atoms with Gasteiger partial charge in [-0.2, -0.15) is 0 Å². The van der Waals surface area contributed by atoms with E-state index in [1.165, 1.54) is 7.11 Å². The molecule has 8 nitrogen and oxygen atoms in total. The number of carbonyl (C=O) groups is 2. The molecular weight excluding hydrogens is 401 g/mol. The molecular formula is C14H22Cl3NO7. The van der Waals surface area contributed by atoms with Crippen molar-refractivity contribution in [2.24, 2.45) is 5.41 Å². The minimum atomic E-state index is -2.28. The molecule has 146 valence electrons. The number of rotatable bonds is 4. The fourth-order valence-electron chi connectivity index (χ4n) is 2.10. The lowest BCUT2D eigenvalue weighted by atomic mass is 9.94. The third kappa shape index (κ3) is 5.82. The van der Waals surface area contributed by atoms with E-state index in [-0.39, 0.29) is 0 Å². The van der Waals surface area contributed by atoms with Gasteiger partial charge in [-0.15, -0.1) is 0 Å². The highest BCUT2D eigenvalue weighted by Gasteiger charge is 2.50. The molecule has 0 aromatic heterocycles. The number of ether oxygens (including phenoxy) is 3. The molecule has 1 saturated heterocycles. The summed E-state index contributed by atoms with van der Waals surface area (Å²) in [5.74, 6) is -1.65. The largest absolute Gasteiger partial charge is 0.457 e. The predicted molar refractivity (Wildman–Crippen MR) is 90.3 cm³/mol. The molecule has 0 radical (unpaired) electrons. The number of aliphatic hydroxyl groups excluding tert-OH is 2. The second-order valence-electron chi connectivity index (χ2n) is 6.57. The van der Waals surface area contributed by atoms with Crippen LogP contribution in [0.4, 0.5) is 0 Å². The minimum absolute atomic E-state index is 0.560. The van der Waals surface area contributed by atoms with Crippen LogP contribution >= 0.6 is 34.8 Å². The zero-order valence-corrected chi connectivity index (χ0v) is 16.4. The van der Waals surface area contributed by atoms with Gasteiger partial charge in [0.2, 0.25) is 0 Å². The molecule has 11 heteroatoms. The van der Waals surface area contributed by atoms with Crippen LogP contribution in [0.15, 0.2) is 0 Å². The van der Waals surface area contributed by atoms with Crippen LogP contribution in [0.2, 0.25) is 0 Å². The Bertz CT molecular complexity index is 492. The highest BCUT2D eigenvalue weighted by molar-refractivity contribution is 6.76. The molecule has 0 spiro atoms. The van der Waals surface area contributed by atoms with Crippen molar-refractivity contribution in [3.05, 3.63) is 0 Å². The summed E-state index contributed by atoms with van der Waals surface area (Å²) in [6.45, 7) is 4.30. The number of carbonyl (C=O) groups excluding carboxylic acids is 2. The van der Waals surface area contributed by atoms with Gasteiger partial charge < -0.3 is 29.7 Å². The van der Waals surface area contributed by atoms with Gasteiger partial charge in [0.05, 0.1) is 12.0 Å². The Balaban J connectivity index is 3.14. The normalized spacial score (nSPS) is 30.7. The van der Waals surface area contributed by atoms with E-state index in [0.717, 1.165) is 0 Å². The van der Waals surface area contributed by atoms with Crippen molar-refractivity contribution >= 4 is 46.7 Å². The topological polar surface area (TPSA) is 114 Å². The third-order valence-corrected chi connectivity index (χ3v) is 4.01. The fraction of sp³-hybridized carbons (Fsp3) is 0.857. The maximum Gasteiger partial charge on any atom is 0.311 e. The maximum atomic E-state index is 12.2. The van der Waals surface area contributed by atoms with Gasteiger partial charge in [-0.1, -0.05) is 34.8 Å². The lowest BCUT2D eigenvalue weighted by Gasteiger charge is -2.44. The molecule has 5 atom stereocenters. The first-order chi connectivity index (χ1) is 11.3. The van der Waals surface area contributed by atoms with Crippen LogP contribution in [0.3, 0.4) is 0 Å². The van der Waals surface area contributed by atoms with Crippen molar-refractivity contribution in [1.82, 2.24) is 5.32 Å². The SMILES string of the molecule is CO[C@@H]1O[C@H](CO)[C@@H](O)[C@H](OC(=O)C(C)(C)C)[C@H]1NC(=O)C(Cl)(Cl)Cl. The third-order valence-electron chi connectivity index (χ3n) is 3.50. The first kappa shape index (κ1) is 22.7. The van der Waals surface area contributed by atoms with E-state index in [9.17, 15) is 19.8 Å². The molecule has 0 bridgehead atoms. The van der Waals surface area contributed by atoms with Gasteiger partial charge >= 0.3 is 5.97 Å². The molecule has 0 aromatic rings. The van der Waals surface area contributed by atoms with E-state index in [0.29, 0.717) is 0 Å². The Morgan fingerprint density at radius 1 is 1.24 bits per heavy atom. The van der Waals surface area contributed by atoms with E-state index in [1.807, 2.05) is 0 Å². The number of methoxy groups -OCH3 is 1. The first-order valence-electron chi connectivity index (χ1n) is 7.39. The lowest BCUT2D eigenvalue weighted by molar-refractivity contribution is -0.268. The quantitative estimate of drug-likeness (QED) is 0.447. The summed E-state index contributed by atoms with van der Waals surface area (Å²) in [6.07, 6.45) is -4.99. The summed E-state index contributed by atoms with van der Waals surface area (Å²) in [7, 11) is 1.27. The van der Waals surface area contributed by atoms with Crippen LogP contribution in [0, 0.1) is 5.41 Å². The summed E-state index contributed by atoms with van der Waals surface area (Å²) in [6, 6.07) is -1.17. The molecule has 3 N–H and O–H groups in total. The van der Waals surface area contributed by atoms with E-state index in [2.05, 4.69) is 5.32 Å². The Labute approximate surface area is 160 Å². The van der Waals surface area contributed by atoms with Gasteiger partial charge in [-0.05, 0) is 20.8 Å². The summed E-state index contributed by atoms with van der Waals surface area (Å²) >= 11 is 16.6. The molecule has 25 heavy (non-hydrogen) atoms. The number of nitrogens with one attached hydrogen (secondary N) is 1. The van der Waals surface area contributed by atoms with Crippen LogP contribution < -0.4 is 5.32 Å². The zero-order chi connectivity index (χ0) is 19.6. The highest BCUT2D eigenvalue weighted by Crippen LogP contribution is 2.30. The standard InChI is InChI=1S/C14H22Cl3NO7/c1-13(2,3)12(22)25-9-7(18-11(21)14(15,16)17)10(23-4)24-6(5-19)8(9)20/h6-10,19-20H,5H2,1-4H3,(H,18,21)/t6-,7-,8-,9-,10-/m1/s1. The second-order valence-corrected chi connectivity index (χ2v) is 8.85. The van der Waals surface area contributed by atoms with Crippen molar-refractivity contribution in [3.63, 3.8) is 0 Å². The smallest absolute Gasteiger partial charge is 0.311 e. The van der Waals surface area contributed by atoms with Crippen LogP contribution in [-0.2, 0) is 23.8 Å². The Morgan fingerprint density at radius 2 is 1.80 bits per heavy atom. The number of hydrogen-bond donors (Lipinski definition) is 3. The van der Waals surface area contributed by atoms with Gasteiger partial charge in [0.15, 0.2) is 12.4 Å². The number of amides is 1. The van der Waals surface area contributed by atoms with E-state index in [4.69, 9.17) is 49.0 Å². The van der Waals surface area contributed by atoms with Gasteiger partial charge in [-0.3, -0.25) is 9.59 Å². The zero-order valence-electron chi connectivity index (χ0n) is 14.2. The van der Waals surface area contributed by atoms with Crippen LogP contribution in [0.1, 0.15) is 20.8 Å². The molecule has 1 heterocycles. The number of aliphatic hydroxyl groups is 2. The van der Waals surface area contributed by atoms with E-state index < -0.39 is 58.3 Å². The average Bonchev–Trinajstić information content (AvgIpc) is 2.48. The van der Waals surface area contributed by atoms with Crippen molar-refractivity contribution in [1.29, 1.82) is 0 Å². The van der Waals surface area contributed by atoms with Crippen LogP contribution in [0.25, 0.3) is 0 Å². The molecule has 0 saturated carbocycles. The van der Waals surface area contributed by atoms with Gasteiger partial charge in [-0.25, -0.2) is 0 Å². The van der Waals surface area contributed by atoms with Crippen molar-refractivity contribution in [2.75, 3.05) is 13.7 Å². The summed E-state index contributed by atoms with van der Waals surface area (Å²) < 4.78 is 13.6. The van der Waals surface area contributed by atoms with Crippen LogP contribution in [0.5, 0.6) is 0 Å². The average molecular weight is 423 g/mol. The van der Waals surface area contributed by atoms with Crippen LogP contribution in [-0.4, -0.2) is 70.2 Å². The number of hydrogen-bond acceptors (Lipinski definition) is 7. The molecule has 1 aliphatic heterocycles. The molecule has 1 amide bonds. The Hall–Kier alpha value is -0.350. The summed E-state index contributed by atoms with van der Waals surface area (Å²) in [4.78, 5) is 24.2.